The number of rotatable bonds is 5. The van der Waals surface area contributed by atoms with E-state index in [-0.39, 0.29) is 5.78 Å². The lowest BCUT2D eigenvalue weighted by Crippen LogP contribution is -2.13. The van der Waals surface area contributed by atoms with Gasteiger partial charge in [0.25, 0.3) is 0 Å². The predicted octanol–water partition coefficient (Wildman–Crippen LogP) is 6.21. The van der Waals surface area contributed by atoms with Crippen molar-refractivity contribution < 1.29 is 4.79 Å². The van der Waals surface area contributed by atoms with Crippen molar-refractivity contribution in [3.63, 3.8) is 0 Å². The molecule has 0 aliphatic heterocycles. The highest BCUT2D eigenvalue weighted by molar-refractivity contribution is 6.06. The number of nitrogens with zero attached hydrogens (tertiary/aromatic N) is 1. The van der Waals surface area contributed by atoms with Gasteiger partial charge in [0.1, 0.15) is 0 Å². The minimum atomic E-state index is 0.0575. The number of aromatic nitrogens is 1. The molecule has 3 aromatic carbocycles. The van der Waals surface area contributed by atoms with Crippen molar-refractivity contribution in [2.45, 2.75) is 13.8 Å². The summed E-state index contributed by atoms with van der Waals surface area (Å²) in [7, 11) is 0. The maximum Gasteiger partial charge on any atom is 0.162 e. The van der Waals surface area contributed by atoms with Gasteiger partial charge in [0.15, 0.2) is 5.78 Å². The van der Waals surface area contributed by atoms with Gasteiger partial charge in [-0.25, -0.2) is 0 Å². The van der Waals surface area contributed by atoms with E-state index in [2.05, 4.69) is 29.7 Å². The van der Waals surface area contributed by atoms with E-state index in [4.69, 9.17) is 0 Å². The van der Waals surface area contributed by atoms with E-state index in [0.29, 0.717) is 0 Å². The van der Waals surface area contributed by atoms with Crippen LogP contribution in [-0.2, 0) is 0 Å². The summed E-state index contributed by atoms with van der Waals surface area (Å²) in [6, 6.07) is 30.3. The van der Waals surface area contributed by atoms with E-state index >= 15 is 0 Å². The Morgan fingerprint density at radius 2 is 1.25 bits per heavy atom. The van der Waals surface area contributed by atoms with Gasteiger partial charge in [-0.2, -0.15) is 0 Å². The SMILES string of the molecule is CC(=O)c1c(-c2ccccc2)c(-c2ccccc2)n(Nc2ccccc2)c1C. The maximum atomic E-state index is 12.7. The van der Waals surface area contributed by atoms with Gasteiger partial charge in [-0.15, -0.1) is 0 Å². The summed E-state index contributed by atoms with van der Waals surface area (Å²) in [6.07, 6.45) is 0. The van der Waals surface area contributed by atoms with Crippen LogP contribution in [0.1, 0.15) is 23.0 Å². The summed E-state index contributed by atoms with van der Waals surface area (Å²) < 4.78 is 2.03. The lowest BCUT2D eigenvalue weighted by Gasteiger charge is -2.16. The monoisotopic (exact) mass is 366 g/mol. The Bertz CT molecular complexity index is 1100. The van der Waals surface area contributed by atoms with Crippen molar-refractivity contribution in [3.05, 3.63) is 102 Å². The van der Waals surface area contributed by atoms with E-state index in [9.17, 15) is 4.79 Å². The van der Waals surface area contributed by atoms with Crippen LogP contribution >= 0.6 is 0 Å². The van der Waals surface area contributed by atoms with E-state index in [1.165, 1.54) is 0 Å². The third-order valence-electron chi connectivity index (χ3n) is 4.88. The fraction of sp³-hybridized carbons (Fsp3) is 0.0800. The van der Waals surface area contributed by atoms with Crippen LogP contribution in [0.15, 0.2) is 91.0 Å². The minimum absolute atomic E-state index is 0.0575. The zero-order chi connectivity index (χ0) is 19.5. The van der Waals surface area contributed by atoms with Crippen LogP contribution in [0, 0.1) is 6.92 Å². The first-order chi connectivity index (χ1) is 13.7. The van der Waals surface area contributed by atoms with Gasteiger partial charge >= 0.3 is 0 Å². The van der Waals surface area contributed by atoms with Gasteiger partial charge in [0.05, 0.1) is 11.4 Å². The Balaban J connectivity index is 2.04. The molecule has 0 radical (unpaired) electrons. The molecule has 4 rings (SSSR count). The van der Waals surface area contributed by atoms with Gasteiger partial charge in [-0.1, -0.05) is 78.9 Å². The quantitative estimate of drug-likeness (QED) is 0.426. The molecule has 0 unspecified atom stereocenters. The first kappa shape index (κ1) is 17.8. The lowest BCUT2D eigenvalue weighted by molar-refractivity contribution is 0.101. The molecule has 3 nitrogen and oxygen atoms in total. The number of ketones is 1. The number of carbonyl (C=O) groups excluding carboxylic acids is 1. The molecule has 0 spiro atoms. The third kappa shape index (κ3) is 3.23. The highest BCUT2D eigenvalue weighted by Gasteiger charge is 2.25. The highest BCUT2D eigenvalue weighted by atomic mass is 16.1. The molecular weight excluding hydrogens is 344 g/mol. The normalized spacial score (nSPS) is 10.6. The molecule has 0 saturated carbocycles. The van der Waals surface area contributed by atoms with Crippen LogP contribution < -0.4 is 5.43 Å². The number of nitrogens with one attached hydrogen (secondary N) is 1. The van der Waals surface area contributed by atoms with E-state index in [1.54, 1.807) is 6.92 Å². The Kier molecular flexibility index (Phi) is 4.81. The summed E-state index contributed by atoms with van der Waals surface area (Å²) in [5.74, 6) is 0.0575. The topological polar surface area (TPSA) is 34.0 Å². The van der Waals surface area contributed by atoms with Crippen LogP contribution in [-0.4, -0.2) is 10.5 Å². The number of Topliss-reactive ketones (excluding diaryl/α,β-unsaturated/α-hetero) is 1. The molecule has 28 heavy (non-hydrogen) atoms. The second-order valence-corrected chi connectivity index (χ2v) is 6.79. The van der Waals surface area contributed by atoms with Crippen molar-refractivity contribution in [3.8, 4) is 22.4 Å². The van der Waals surface area contributed by atoms with E-state index in [0.717, 1.165) is 39.3 Å². The zero-order valence-corrected chi connectivity index (χ0v) is 16.0. The standard InChI is InChI=1S/C25H22N2O/c1-18-23(19(2)28)24(20-12-6-3-7-13-20)25(21-14-8-4-9-15-21)27(18)26-22-16-10-5-11-17-22/h3-17,26H,1-2H3. The summed E-state index contributed by atoms with van der Waals surface area (Å²) >= 11 is 0. The first-order valence-electron chi connectivity index (χ1n) is 9.36. The summed E-state index contributed by atoms with van der Waals surface area (Å²) in [5, 5.41) is 0. The summed E-state index contributed by atoms with van der Waals surface area (Å²) in [6.45, 7) is 3.63. The van der Waals surface area contributed by atoms with Crippen molar-refractivity contribution in [1.29, 1.82) is 0 Å². The van der Waals surface area contributed by atoms with E-state index < -0.39 is 0 Å². The highest BCUT2D eigenvalue weighted by Crippen LogP contribution is 2.39. The van der Waals surface area contributed by atoms with Gasteiger partial charge in [0.2, 0.25) is 0 Å². The molecule has 0 aliphatic carbocycles. The van der Waals surface area contributed by atoms with Crippen LogP contribution in [0.4, 0.5) is 5.69 Å². The first-order valence-corrected chi connectivity index (χ1v) is 9.36. The summed E-state index contributed by atoms with van der Waals surface area (Å²) in [4.78, 5) is 12.7. The number of carbonyl (C=O) groups is 1. The van der Waals surface area contributed by atoms with Crippen LogP contribution in [0.25, 0.3) is 22.4 Å². The Hall–Kier alpha value is -3.59. The predicted molar refractivity (Wildman–Crippen MR) is 116 cm³/mol. The lowest BCUT2D eigenvalue weighted by atomic mass is 9.95. The summed E-state index contributed by atoms with van der Waals surface area (Å²) in [5.41, 5.74) is 10.1. The Labute approximate surface area is 165 Å². The van der Waals surface area contributed by atoms with Crippen molar-refractivity contribution in [2.75, 3.05) is 5.43 Å². The smallest absolute Gasteiger partial charge is 0.162 e. The second kappa shape index (κ2) is 7.57. The third-order valence-corrected chi connectivity index (χ3v) is 4.88. The fourth-order valence-electron chi connectivity index (χ4n) is 3.66. The van der Waals surface area contributed by atoms with Crippen molar-refractivity contribution in [1.82, 2.24) is 4.68 Å². The molecule has 0 fully saturated rings. The van der Waals surface area contributed by atoms with Crippen LogP contribution in [0.2, 0.25) is 0 Å². The molecule has 3 heteroatoms. The van der Waals surface area contributed by atoms with Crippen LogP contribution in [0.3, 0.4) is 0 Å². The molecule has 138 valence electrons. The number of hydrogen-bond acceptors (Lipinski definition) is 2. The van der Waals surface area contributed by atoms with Gasteiger partial charge in [0, 0.05) is 22.4 Å². The number of para-hydroxylation sites is 1. The van der Waals surface area contributed by atoms with Crippen LogP contribution in [0.5, 0.6) is 0 Å². The molecule has 1 heterocycles. The molecule has 0 amide bonds. The number of hydrogen-bond donors (Lipinski definition) is 1. The molecule has 4 aromatic rings. The van der Waals surface area contributed by atoms with Gasteiger partial charge < -0.3 is 0 Å². The maximum absolute atomic E-state index is 12.7. The number of anilines is 1. The molecule has 1 N–H and O–H groups in total. The molecule has 0 atom stereocenters. The molecule has 1 aromatic heterocycles. The largest absolute Gasteiger partial charge is 0.294 e. The fourth-order valence-corrected chi connectivity index (χ4v) is 3.66. The Morgan fingerprint density at radius 3 is 1.79 bits per heavy atom. The average molecular weight is 366 g/mol. The Morgan fingerprint density at radius 1 is 0.750 bits per heavy atom. The van der Waals surface area contributed by atoms with Gasteiger partial charge in [-0.05, 0) is 31.5 Å². The molecule has 0 aliphatic rings. The molecule has 0 bridgehead atoms. The number of benzene rings is 3. The van der Waals surface area contributed by atoms with E-state index in [1.807, 2.05) is 78.3 Å². The zero-order valence-electron chi connectivity index (χ0n) is 16.0. The second-order valence-electron chi connectivity index (χ2n) is 6.79. The minimum Gasteiger partial charge on any atom is -0.294 e. The van der Waals surface area contributed by atoms with Gasteiger partial charge in [-0.3, -0.25) is 14.9 Å². The van der Waals surface area contributed by atoms with Crippen molar-refractivity contribution in [2.24, 2.45) is 0 Å². The molecular formula is C25H22N2O. The average Bonchev–Trinajstić information content (AvgIpc) is 3.02. The molecule has 0 saturated heterocycles. The van der Waals surface area contributed by atoms with Crippen molar-refractivity contribution >= 4 is 11.5 Å².